The molecule has 132 valence electrons. The Morgan fingerprint density at radius 2 is 1.62 bits per heavy atom. The molecule has 1 aliphatic heterocycles. The second-order valence-electron chi connectivity index (χ2n) is 7.26. The number of amides is 1. The van der Waals surface area contributed by atoms with Crippen molar-refractivity contribution < 1.29 is 18.5 Å². The molecule has 0 atom stereocenters. The third-order valence-electron chi connectivity index (χ3n) is 5.10. The zero-order valence-corrected chi connectivity index (χ0v) is 15.7. The minimum atomic E-state index is -0.638. The van der Waals surface area contributed by atoms with E-state index in [2.05, 4.69) is 0 Å². The monoisotopic (exact) mass is 335 g/mol. The van der Waals surface area contributed by atoms with Crippen LogP contribution in [-0.2, 0) is 9.31 Å². The molecule has 1 saturated heterocycles. The maximum absolute atomic E-state index is 14.7. The fourth-order valence-electron chi connectivity index (χ4n) is 2.83. The SMILES string of the molecule is CCN(CC)C(=O)c1c(C)cc(B2OC(C)(C)C(C)(C)O2)cc1F. The second kappa shape index (κ2) is 6.49. The minimum absolute atomic E-state index is 0.124. The van der Waals surface area contributed by atoms with Gasteiger partial charge >= 0.3 is 7.12 Å². The second-order valence-corrected chi connectivity index (χ2v) is 7.26. The Morgan fingerprint density at radius 1 is 1.12 bits per heavy atom. The summed E-state index contributed by atoms with van der Waals surface area (Å²) in [5.74, 6) is -0.813. The van der Waals surface area contributed by atoms with Crippen molar-refractivity contribution in [1.82, 2.24) is 4.90 Å². The van der Waals surface area contributed by atoms with Gasteiger partial charge in [-0.3, -0.25) is 4.79 Å². The van der Waals surface area contributed by atoms with Crippen molar-refractivity contribution in [2.45, 2.75) is 59.7 Å². The first-order valence-corrected chi connectivity index (χ1v) is 8.49. The molecule has 2 rings (SSSR count). The molecule has 6 heteroatoms. The van der Waals surface area contributed by atoms with Crippen LogP contribution >= 0.6 is 0 Å². The number of aryl methyl sites for hydroxylation is 1. The van der Waals surface area contributed by atoms with Gasteiger partial charge in [0, 0.05) is 13.1 Å². The van der Waals surface area contributed by atoms with Crippen LogP contribution in [0.2, 0.25) is 0 Å². The molecule has 1 aromatic carbocycles. The summed E-state index contributed by atoms with van der Waals surface area (Å²) in [6.07, 6.45) is 0. The van der Waals surface area contributed by atoms with Crippen LogP contribution in [0.4, 0.5) is 4.39 Å². The van der Waals surface area contributed by atoms with E-state index in [4.69, 9.17) is 9.31 Å². The van der Waals surface area contributed by atoms with Crippen LogP contribution in [0.5, 0.6) is 0 Å². The van der Waals surface area contributed by atoms with Crippen LogP contribution in [0.25, 0.3) is 0 Å². The standard InChI is InChI=1S/C18H27BFNO3/c1-8-21(9-2)16(22)15-12(3)10-13(11-14(15)20)19-23-17(4,5)18(6,7)24-19/h10-11H,8-9H2,1-7H3. The van der Waals surface area contributed by atoms with Crippen molar-refractivity contribution in [3.63, 3.8) is 0 Å². The summed E-state index contributed by atoms with van der Waals surface area (Å²) in [6.45, 7) is 14.4. The molecule has 0 spiro atoms. The summed E-state index contributed by atoms with van der Waals surface area (Å²) in [5, 5.41) is 0. The van der Waals surface area contributed by atoms with E-state index in [9.17, 15) is 9.18 Å². The lowest BCUT2D eigenvalue weighted by atomic mass is 9.77. The van der Waals surface area contributed by atoms with Gasteiger partial charge in [0.05, 0.1) is 16.8 Å². The molecule has 0 radical (unpaired) electrons. The van der Waals surface area contributed by atoms with Crippen molar-refractivity contribution in [1.29, 1.82) is 0 Å². The van der Waals surface area contributed by atoms with Crippen molar-refractivity contribution in [3.8, 4) is 0 Å². The summed E-state index contributed by atoms with van der Waals surface area (Å²) in [7, 11) is -0.638. The number of rotatable bonds is 4. The van der Waals surface area contributed by atoms with E-state index in [1.807, 2.05) is 41.5 Å². The van der Waals surface area contributed by atoms with E-state index in [-0.39, 0.29) is 11.5 Å². The molecule has 1 amide bonds. The normalized spacial score (nSPS) is 18.8. The van der Waals surface area contributed by atoms with Gasteiger partial charge in [0.1, 0.15) is 5.82 Å². The van der Waals surface area contributed by atoms with Gasteiger partial charge in [-0.2, -0.15) is 0 Å². The summed E-state index contributed by atoms with van der Waals surface area (Å²) < 4.78 is 26.6. The molecule has 1 heterocycles. The van der Waals surface area contributed by atoms with Gasteiger partial charge in [0.2, 0.25) is 0 Å². The molecule has 24 heavy (non-hydrogen) atoms. The Kier molecular flexibility index (Phi) is 5.12. The Bertz CT molecular complexity index is 602. The predicted molar refractivity (Wildman–Crippen MR) is 94.1 cm³/mol. The Hall–Kier alpha value is -1.40. The van der Waals surface area contributed by atoms with E-state index in [0.29, 0.717) is 24.1 Å². The highest BCUT2D eigenvalue weighted by Gasteiger charge is 2.51. The van der Waals surface area contributed by atoms with E-state index < -0.39 is 24.1 Å². The van der Waals surface area contributed by atoms with Crippen molar-refractivity contribution in [3.05, 3.63) is 29.1 Å². The fourth-order valence-corrected chi connectivity index (χ4v) is 2.83. The van der Waals surface area contributed by atoms with Crippen molar-refractivity contribution in [2.75, 3.05) is 13.1 Å². The Labute approximate surface area is 144 Å². The quantitative estimate of drug-likeness (QED) is 0.794. The minimum Gasteiger partial charge on any atom is -0.399 e. The highest BCUT2D eigenvalue weighted by atomic mass is 19.1. The maximum Gasteiger partial charge on any atom is 0.494 e. The number of hydrogen-bond acceptors (Lipinski definition) is 3. The van der Waals surface area contributed by atoms with Gasteiger partial charge in [0.25, 0.3) is 5.91 Å². The molecule has 1 fully saturated rings. The van der Waals surface area contributed by atoms with E-state index in [1.54, 1.807) is 17.9 Å². The summed E-state index contributed by atoms with van der Waals surface area (Å²) >= 11 is 0. The summed E-state index contributed by atoms with van der Waals surface area (Å²) in [4.78, 5) is 14.1. The highest BCUT2D eigenvalue weighted by Crippen LogP contribution is 2.36. The number of carbonyl (C=O) groups is 1. The molecule has 0 unspecified atom stereocenters. The maximum atomic E-state index is 14.7. The number of hydrogen-bond donors (Lipinski definition) is 0. The third-order valence-corrected chi connectivity index (χ3v) is 5.10. The van der Waals surface area contributed by atoms with Crippen LogP contribution in [0.3, 0.4) is 0 Å². The molecular formula is C18H27BFNO3. The first-order valence-electron chi connectivity index (χ1n) is 8.49. The lowest BCUT2D eigenvalue weighted by Crippen LogP contribution is -2.41. The predicted octanol–water partition coefficient (Wildman–Crippen LogP) is 2.92. The molecule has 0 saturated carbocycles. The molecule has 0 aliphatic carbocycles. The summed E-state index contributed by atoms with van der Waals surface area (Å²) in [5.41, 5.74) is 0.338. The molecule has 4 nitrogen and oxygen atoms in total. The molecule has 0 aromatic heterocycles. The largest absolute Gasteiger partial charge is 0.494 e. The Morgan fingerprint density at radius 3 is 2.04 bits per heavy atom. The highest BCUT2D eigenvalue weighted by molar-refractivity contribution is 6.62. The third kappa shape index (κ3) is 3.22. The fraction of sp³-hybridized carbons (Fsp3) is 0.611. The van der Waals surface area contributed by atoms with Gasteiger partial charge in [-0.25, -0.2) is 4.39 Å². The first-order chi connectivity index (χ1) is 11.0. The first kappa shape index (κ1) is 18.9. The molecular weight excluding hydrogens is 308 g/mol. The van der Waals surface area contributed by atoms with Crippen LogP contribution in [0.15, 0.2) is 12.1 Å². The topological polar surface area (TPSA) is 38.8 Å². The van der Waals surface area contributed by atoms with Crippen LogP contribution in [-0.4, -0.2) is 42.2 Å². The molecule has 0 N–H and O–H groups in total. The number of benzene rings is 1. The number of nitrogens with zero attached hydrogens (tertiary/aromatic N) is 1. The average molecular weight is 335 g/mol. The van der Waals surface area contributed by atoms with E-state index >= 15 is 0 Å². The zero-order chi connectivity index (χ0) is 18.3. The van der Waals surface area contributed by atoms with Crippen molar-refractivity contribution in [2.24, 2.45) is 0 Å². The van der Waals surface area contributed by atoms with Crippen LogP contribution in [0.1, 0.15) is 57.5 Å². The van der Waals surface area contributed by atoms with Crippen molar-refractivity contribution >= 4 is 18.5 Å². The molecule has 1 aliphatic rings. The van der Waals surface area contributed by atoms with E-state index in [0.717, 1.165) is 0 Å². The number of halogens is 1. The zero-order valence-electron chi connectivity index (χ0n) is 15.7. The van der Waals surface area contributed by atoms with Gasteiger partial charge in [-0.1, -0.05) is 6.07 Å². The Balaban J connectivity index is 2.36. The van der Waals surface area contributed by atoms with Crippen LogP contribution < -0.4 is 5.46 Å². The van der Waals surface area contributed by atoms with Gasteiger partial charge in [0.15, 0.2) is 0 Å². The summed E-state index contributed by atoms with van der Waals surface area (Å²) in [6, 6.07) is 3.13. The smallest absolute Gasteiger partial charge is 0.399 e. The molecule has 1 aromatic rings. The van der Waals surface area contributed by atoms with Gasteiger partial charge < -0.3 is 14.2 Å². The van der Waals surface area contributed by atoms with Crippen LogP contribution in [0, 0.1) is 12.7 Å². The molecule has 0 bridgehead atoms. The van der Waals surface area contributed by atoms with Gasteiger partial charge in [-0.15, -0.1) is 0 Å². The lowest BCUT2D eigenvalue weighted by molar-refractivity contribution is 0.00578. The number of carbonyl (C=O) groups excluding carboxylic acids is 1. The van der Waals surface area contributed by atoms with E-state index in [1.165, 1.54) is 6.07 Å². The van der Waals surface area contributed by atoms with Gasteiger partial charge in [-0.05, 0) is 65.6 Å². The average Bonchev–Trinajstić information content (AvgIpc) is 2.68. The lowest BCUT2D eigenvalue weighted by Gasteiger charge is -2.32.